The lowest BCUT2D eigenvalue weighted by molar-refractivity contribution is -0.124. The van der Waals surface area contributed by atoms with Gasteiger partial charge in [-0.3, -0.25) is 4.79 Å². The van der Waals surface area contributed by atoms with E-state index in [1.807, 2.05) is 36.1 Å². The number of ether oxygens (including phenoxy) is 1. The summed E-state index contributed by atoms with van der Waals surface area (Å²) in [7, 11) is 1.60. The van der Waals surface area contributed by atoms with Crippen LogP contribution in [-0.4, -0.2) is 43.4 Å². The molecule has 98 valence electrons. The number of aliphatic hydroxyl groups is 1. The number of hydrogen-bond acceptors (Lipinski definition) is 4. The molecule has 0 spiro atoms. The summed E-state index contributed by atoms with van der Waals surface area (Å²) in [5.74, 6) is 0.555. The zero-order valence-corrected chi connectivity index (χ0v) is 10.6. The second-order valence-electron chi connectivity index (χ2n) is 4.37. The Bertz CT molecular complexity index is 436. The van der Waals surface area contributed by atoms with Crippen molar-refractivity contribution in [2.24, 2.45) is 0 Å². The Hall–Kier alpha value is -1.75. The van der Waals surface area contributed by atoms with Crippen LogP contribution in [0.15, 0.2) is 24.3 Å². The molecule has 1 aromatic rings. The van der Waals surface area contributed by atoms with Gasteiger partial charge in [-0.25, -0.2) is 0 Å². The van der Waals surface area contributed by atoms with Crippen LogP contribution in [0.2, 0.25) is 0 Å². The van der Waals surface area contributed by atoms with Crippen molar-refractivity contribution in [1.82, 2.24) is 5.32 Å². The molecule has 0 saturated carbocycles. The standard InChI is InChI=1S/C13H18N2O3/c1-9-7-14-13(17)11(8-16)15(9)10-5-3-4-6-12(10)18-2/h3-6,9,11,16H,7-8H2,1-2H3,(H,14,17). The average molecular weight is 250 g/mol. The molecular formula is C13H18N2O3. The third kappa shape index (κ3) is 2.13. The summed E-state index contributed by atoms with van der Waals surface area (Å²) >= 11 is 0. The summed E-state index contributed by atoms with van der Waals surface area (Å²) in [6.07, 6.45) is 0. The lowest BCUT2D eigenvalue weighted by Gasteiger charge is -2.41. The van der Waals surface area contributed by atoms with Gasteiger partial charge in [0.25, 0.3) is 0 Å². The van der Waals surface area contributed by atoms with Gasteiger partial charge in [0.2, 0.25) is 5.91 Å². The molecule has 2 unspecified atom stereocenters. The Morgan fingerprint density at radius 2 is 2.22 bits per heavy atom. The number of carbonyl (C=O) groups is 1. The molecule has 2 rings (SSSR count). The third-order valence-electron chi connectivity index (χ3n) is 3.22. The molecule has 5 nitrogen and oxygen atoms in total. The molecule has 0 radical (unpaired) electrons. The van der Waals surface area contributed by atoms with Gasteiger partial charge in [0.05, 0.1) is 19.4 Å². The van der Waals surface area contributed by atoms with Crippen LogP contribution >= 0.6 is 0 Å². The van der Waals surface area contributed by atoms with E-state index in [0.29, 0.717) is 12.3 Å². The van der Waals surface area contributed by atoms with Gasteiger partial charge >= 0.3 is 0 Å². The van der Waals surface area contributed by atoms with Gasteiger partial charge in [-0.2, -0.15) is 0 Å². The van der Waals surface area contributed by atoms with E-state index in [2.05, 4.69) is 5.32 Å². The number of piperazine rings is 1. The monoisotopic (exact) mass is 250 g/mol. The number of amides is 1. The predicted molar refractivity (Wildman–Crippen MR) is 68.8 cm³/mol. The molecule has 2 N–H and O–H groups in total. The largest absolute Gasteiger partial charge is 0.495 e. The van der Waals surface area contributed by atoms with E-state index in [1.165, 1.54) is 0 Å². The molecule has 1 amide bonds. The second kappa shape index (κ2) is 5.27. The first-order valence-corrected chi connectivity index (χ1v) is 5.99. The molecular weight excluding hydrogens is 232 g/mol. The lowest BCUT2D eigenvalue weighted by atomic mass is 10.1. The molecule has 1 fully saturated rings. The molecule has 18 heavy (non-hydrogen) atoms. The van der Waals surface area contributed by atoms with Crippen LogP contribution < -0.4 is 15.0 Å². The average Bonchev–Trinajstić information content (AvgIpc) is 2.41. The Labute approximate surface area is 106 Å². The molecule has 1 saturated heterocycles. The fraction of sp³-hybridized carbons (Fsp3) is 0.462. The minimum absolute atomic E-state index is 0.108. The van der Waals surface area contributed by atoms with Gasteiger partial charge < -0.3 is 20.1 Å². The molecule has 0 aromatic heterocycles. The fourth-order valence-corrected chi connectivity index (χ4v) is 2.32. The molecule has 0 aliphatic carbocycles. The van der Waals surface area contributed by atoms with Gasteiger partial charge in [-0.15, -0.1) is 0 Å². The number of aliphatic hydroxyl groups excluding tert-OH is 1. The lowest BCUT2D eigenvalue weighted by Crippen LogP contribution is -2.61. The molecule has 1 aromatic carbocycles. The van der Waals surface area contributed by atoms with E-state index in [-0.39, 0.29) is 18.6 Å². The number of methoxy groups -OCH3 is 1. The van der Waals surface area contributed by atoms with Crippen molar-refractivity contribution in [1.29, 1.82) is 0 Å². The third-order valence-corrected chi connectivity index (χ3v) is 3.22. The summed E-state index contributed by atoms with van der Waals surface area (Å²) in [6, 6.07) is 7.07. The Balaban J connectivity index is 2.41. The van der Waals surface area contributed by atoms with Crippen molar-refractivity contribution < 1.29 is 14.6 Å². The van der Waals surface area contributed by atoms with Crippen molar-refractivity contribution >= 4 is 11.6 Å². The van der Waals surface area contributed by atoms with Crippen molar-refractivity contribution in [3.05, 3.63) is 24.3 Å². The molecule has 0 bridgehead atoms. The first kappa shape index (κ1) is 12.7. The van der Waals surface area contributed by atoms with Gasteiger partial charge in [0.1, 0.15) is 11.8 Å². The maximum atomic E-state index is 11.8. The molecule has 1 heterocycles. The molecule has 5 heteroatoms. The summed E-state index contributed by atoms with van der Waals surface area (Å²) in [4.78, 5) is 13.7. The highest BCUT2D eigenvalue weighted by Gasteiger charge is 2.34. The van der Waals surface area contributed by atoms with Crippen molar-refractivity contribution in [3.63, 3.8) is 0 Å². The van der Waals surface area contributed by atoms with Crippen LogP contribution in [-0.2, 0) is 4.79 Å². The Morgan fingerprint density at radius 1 is 1.50 bits per heavy atom. The SMILES string of the molecule is COc1ccccc1N1C(C)CNC(=O)C1CO. The minimum Gasteiger partial charge on any atom is -0.495 e. The second-order valence-corrected chi connectivity index (χ2v) is 4.37. The first-order valence-electron chi connectivity index (χ1n) is 5.99. The van der Waals surface area contributed by atoms with Crippen LogP contribution in [0.1, 0.15) is 6.92 Å². The highest BCUT2D eigenvalue weighted by atomic mass is 16.5. The number of rotatable bonds is 3. The normalized spacial score (nSPS) is 23.7. The topological polar surface area (TPSA) is 61.8 Å². The summed E-state index contributed by atoms with van der Waals surface area (Å²) < 4.78 is 5.32. The quantitative estimate of drug-likeness (QED) is 0.814. The van der Waals surface area contributed by atoms with Crippen LogP contribution in [0.25, 0.3) is 0 Å². The summed E-state index contributed by atoms with van der Waals surface area (Å²) in [5.41, 5.74) is 0.835. The van der Waals surface area contributed by atoms with E-state index >= 15 is 0 Å². The van der Waals surface area contributed by atoms with Gasteiger partial charge in [0.15, 0.2) is 0 Å². The number of nitrogens with one attached hydrogen (secondary N) is 1. The van der Waals surface area contributed by atoms with E-state index in [0.717, 1.165) is 5.69 Å². The number of nitrogens with zero attached hydrogens (tertiary/aromatic N) is 1. The number of hydrogen-bond donors (Lipinski definition) is 2. The first-order chi connectivity index (χ1) is 8.69. The maximum absolute atomic E-state index is 11.8. The van der Waals surface area contributed by atoms with E-state index < -0.39 is 6.04 Å². The molecule has 1 aliphatic heterocycles. The number of benzene rings is 1. The molecule has 2 atom stereocenters. The number of anilines is 1. The molecule has 1 aliphatic rings. The van der Waals surface area contributed by atoms with E-state index in [4.69, 9.17) is 4.74 Å². The number of para-hydroxylation sites is 2. The Kier molecular flexibility index (Phi) is 3.72. The van der Waals surface area contributed by atoms with Crippen LogP contribution in [0.3, 0.4) is 0 Å². The van der Waals surface area contributed by atoms with Crippen molar-refractivity contribution in [3.8, 4) is 5.75 Å². The van der Waals surface area contributed by atoms with E-state index in [1.54, 1.807) is 7.11 Å². The van der Waals surface area contributed by atoms with Crippen molar-refractivity contribution in [2.45, 2.75) is 19.0 Å². The minimum atomic E-state index is -0.565. The fourth-order valence-electron chi connectivity index (χ4n) is 2.32. The predicted octanol–water partition coefficient (Wildman–Crippen LogP) is 0.381. The summed E-state index contributed by atoms with van der Waals surface area (Å²) in [6.45, 7) is 2.36. The van der Waals surface area contributed by atoms with Gasteiger partial charge in [-0.05, 0) is 19.1 Å². The highest BCUT2D eigenvalue weighted by Crippen LogP contribution is 2.31. The smallest absolute Gasteiger partial charge is 0.245 e. The number of carbonyl (C=O) groups excluding carboxylic acids is 1. The van der Waals surface area contributed by atoms with E-state index in [9.17, 15) is 9.90 Å². The highest BCUT2D eigenvalue weighted by molar-refractivity contribution is 5.87. The van der Waals surface area contributed by atoms with Crippen LogP contribution in [0.4, 0.5) is 5.69 Å². The van der Waals surface area contributed by atoms with Crippen LogP contribution in [0.5, 0.6) is 5.75 Å². The van der Waals surface area contributed by atoms with Gasteiger partial charge in [-0.1, -0.05) is 12.1 Å². The zero-order valence-electron chi connectivity index (χ0n) is 10.6. The van der Waals surface area contributed by atoms with Gasteiger partial charge in [0, 0.05) is 12.6 Å². The van der Waals surface area contributed by atoms with Crippen LogP contribution in [0, 0.1) is 0 Å². The maximum Gasteiger partial charge on any atom is 0.245 e. The van der Waals surface area contributed by atoms with Crippen molar-refractivity contribution in [2.75, 3.05) is 25.2 Å². The Morgan fingerprint density at radius 3 is 2.89 bits per heavy atom. The zero-order chi connectivity index (χ0) is 13.1. The summed E-state index contributed by atoms with van der Waals surface area (Å²) in [5, 5.41) is 12.2.